The lowest BCUT2D eigenvalue weighted by Crippen LogP contribution is -2.46. The molecule has 9 nitrogen and oxygen atoms in total. The Bertz CT molecular complexity index is 792. The second-order valence-electron chi connectivity index (χ2n) is 9.09. The minimum absolute atomic E-state index is 0.0250. The molecule has 162 valence electrons. The molecule has 2 heterocycles. The van der Waals surface area contributed by atoms with Gasteiger partial charge in [0, 0.05) is 31.3 Å². The Balaban J connectivity index is 1.50. The molecule has 2 atom stereocenters. The molecule has 1 saturated heterocycles. The Kier molecular flexibility index (Phi) is 5.99. The van der Waals surface area contributed by atoms with Crippen LogP contribution in [-0.4, -0.2) is 50.4 Å². The van der Waals surface area contributed by atoms with Crippen LogP contribution >= 0.6 is 0 Å². The van der Waals surface area contributed by atoms with Crippen molar-refractivity contribution in [3.05, 3.63) is 18.6 Å². The average Bonchev–Trinajstić information content (AvgIpc) is 3.13. The van der Waals surface area contributed by atoms with Gasteiger partial charge in [-0.3, -0.25) is 24.6 Å². The van der Waals surface area contributed by atoms with Crippen LogP contribution in [0.15, 0.2) is 18.6 Å². The molecule has 4 rings (SSSR count). The van der Waals surface area contributed by atoms with Crippen LogP contribution in [0.3, 0.4) is 0 Å². The van der Waals surface area contributed by atoms with Gasteiger partial charge in [-0.25, -0.2) is 10.5 Å². The maximum atomic E-state index is 13.5. The molecule has 2 saturated carbocycles. The molecule has 0 radical (unpaired) electrons. The van der Waals surface area contributed by atoms with E-state index in [9.17, 15) is 14.4 Å². The average molecular weight is 415 g/mol. The smallest absolute Gasteiger partial charge is 0.248 e. The van der Waals surface area contributed by atoms with E-state index in [0.717, 1.165) is 38.5 Å². The van der Waals surface area contributed by atoms with Crippen molar-refractivity contribution in [1.29, 1.82) is 0 Å². The SMILES string of the molecule is O=C(C[C@@H](CC1CCCC1)C(=O)N1CC2(CC2)C[C@H]1C(=O)Nc1cnccn1)NO. The minimum atomic E-state index is -0.578. The van der Waals surface area contributed by atoms with E-state index in [2.05, 4.69) is 15.3 Å². The molecule has 1 aliphatic heterocycles. The molecule has 9 heteroatoms. The molecular formula is C21H29N5O4. The molecule has 3 fully saturated rings. The van der Waals surface area contributed by atoms with E-state index in [1.54, 1.807) is 10.4 Å². The highest BCUT2D eigenvalue weighted by Gasteiger charge is 2.55. The number of amides is 3. The van der Waals surface area contributed by atoms with E-state index in [-0.39, 0.29) is 23.7 Å². The van der Waals surface area contributed by atoms with Gasteiger partial charge >= 0.3 is 0 Å². The molecular weight excluding hydrogens is 386 g/mol. The topological polar surface area (TPSA) is 125 Å². The molecule has 3 N–H and O–H groups in total. The van der Waals surface area contributed by atoms with Crippen molar-refractivity contribution in [3.8, 4) is 0 Å². The number of rotatable bonds is 7. The van der Waals surface area contributed by atoms with E-state index < -0.39 is 17.9 Å². The van der Waals surface area contributed by atoms with Crippen LogP contribution in [0.5, 0.6) is 0 Å². The van der Waals surface area contributed by atoms with Gasteiger partial charge in [-0.05, 0) is 37.0 Å². The number of hydrogen-bond donors (Lipinski definition) is 3. The van der Waals surface area contributed by atoms with Crippen molar-refractivity contribution < 1.29 is 19.6 Å². The van der Waals surface area contributed by atoms with E-state index in [1.165, 1.54) is 18.6 Å². The Labute approximate surface area is 175 Å². The zero-order valence-corrected chi connectivity index (χ0v) is 17.0. The minimum Gasteiger partial charge on any atom is -0.330 e. The summed E-state index contributed by atoms with van der Waals surface area (Å²) in [6.45, 7) is 0.548. The third-order valence-electron chi connectivity index (χ3n) is 6.86. The highest BCUT2D eigenvalue weighted by atomic mass is 16.5. The summed E-state index contributed by atoms with van der Waals surface area (Å²) in [5.41, 5.74) is 1.68. The Hall–Kier alpha value is -2.55. The van der Waals surface area contributed by atoms with Gasteiger partial charge in [0.15, 0.2) is 5.82 Å². The number of nitrogens with one attached hydrogen (secondary N) is 2. The van der Waals surface area contributed by atoms with Gasteiger partial charge in [0.25, 0.3) is 0 Å². The van der Waals surface area contributed by atoms with Crippen molar-refractivity contribution in [1.82, 2.24) is 20.3 Å². The number of anilines is 1. The molecule has 1 aromatic heterocycles. The standard InChI is InChI=1S/C21H29N5O4/c27-18(25-30)10-15(9-14-3-1-2-4-14)20(29)26-13-21(5-6-21)11-16(26)19(28)24-17-12-22-7-8-23-17/h7-8,12,14-16,30H,1-6,9-11,13H2,(H,25,27)(H,23,24,28)/t15-,16+/m1/s1. The highest BCUT2D eigenvalue weighted by molar-refractivity contribution is 5.97. The van der Waals surface area contributed by atoms with Gasteiger partial charge in [0.1, 0.15) is 6.04 Å². The predicted molar refractivity (Wildman–Crippen MR) is 107 cm³/mol. The quantitative estimate of drug-likeness (QED) is 0.461. The summed E-state index contributed by atoms with van der Waals surface area (Å²) in [5.74, 6) is -0.746. The van der Waals surface area contributed by atoms with E-state index in [4.69, 9.17) is 5.21 Å². The monoisotopic (exact) mass is 415 g/mol. The van der Waals surface area contributed by atoms with Crippen LogP contribution in [0.1, 0.15) is 57.8 Å². The van der Waals surface area contributed by atoms with Crippen molar-refractivity contribution >= 4 is 23.5 Å². The zero-order chi connectivity index (χ0) is 21.1. The molecule has 1 aromatic rings. The Morgan fingerprint density at radius 2 is 2.00 bits per heavy atom. The number of nitrogens with zero attached hydrogens (tertiary/aromatic N) is 3. The largest absolute Gasteiger partial charge is 0.330 e. The summed E-state index contributed by atoms with van der Waals surface area (Å²) < 4.78 is 0. The Morgan fingerprint density at radius 1 is 1.23 bits per heavy atom. The van der Waals surface area contributed by atoms with E-state index >= 15 is 0 Å². The van der Waals surface area contributed by atoms with Crippen LogP contribution in [0, 0.1) is 17.3 Å². The lowest BCUT2D eigenvalue weighted by molar-refractivity contribution is -0.144. The summed E-state index contributed by atoms with van der Waals surface area (Å²) >= 11 is 0. The van der Waals surface area contributed by atoms with Gasteiger partial charge in [-0.15, -0.1) is 0 Å². The maximum absolute atomic E-state index is 13.5. The number of hydroxylamine groups is 1. The number of hydrogen-bond acceptors (Lipinski definition) is 6. The summed E-state index contributed by atoms with van der Waals surface area (Å²) in [4.78, 5) is 48.1. The van der Waals surface area contributed by atoms with E-state index in [0.29, 0.717) is 31.1 Å². The number of aromatic nitrogens is 2. The van der Waals surface area contributed by atoms with Crippen molar-refractivity contribution in [2.24, 2.45) is 17.3 Å². The van der Waals surface area contributed by atoms with Crippen LogP contribution < -0.4 is 10.8 Å². The Morgan fingerprint density at radius 3 is 2.63 bits per heavy atom. The molecule has 1 spiro atoms. The fourth-order valence-corrected chi connectivity index (χ4v) is 5.06. The predicted octanol–water partition coefficient (Wildman–Crippen LogP) is 1.89. The summed E-state index contributed by atoms with van der Waals surface area (Å²) in [6, 6.07) is -0.578. The fourth-order valence-electron chi connectivity index (χ4n) is 5.06. The summed E-state index contributed by atoms with van der Waals surface area (Å²) in [5, 5.41) is 11.8. The molecule has 3 amide bonds. The van der Waals surface area contributed by atoms with Crippen molar-refractivity contribution in [3.63, 3.8) is 0 Å². The second kappa shape index (κ2) is 8.67. The van der Waals surface area contributed by atoms with Crippen LogP contribution in [0.25, 0.3) is 0 Å². The highest BCUT2D eigenvalue weighted by Crippen LogP contribution is 2.55. The third kappa shape index (κ3) is 4.61. The van der Waals surface area contributed by atoms with Gasteiger partial charge in [-0.2, -0.15) is 0 Å². The lowest BCUT2D eigenvalue weighted by Gasteiger charge is -2.29. The maximum Gasteiger partial charge on any atom is 0.248 e. The van der Waals surface area contributed by atoms with Gasteiger partial charge < -0.3 is 10.2 Å². The van der Waals surface area contributed by atoms with Crippen molar-refractivity contribution in [2.75, 3.05) is 11.9 Å². The lowest BCUT2D eigenvalue weighted by atomic mass is 9.89. The molecule has 0 unspecified atom stereocenters. The van der Waals surface area contributed by atoms with Crippen LogP contribution in [0.2, 0.25) is 0 Å². The molecule has 3 aliphatic rings. The molecule has 2 aliphatic carbocycles. The zero-order valence-electron chi connectivity index (χ0n) is 17.0. The summed E-state index contributed by atoms with van der Waals surface area (Å²) in [7, 11) is 0. The second-order valence-corrected chi connectivity index (χ2v) is 9.09. The van der Waals surface area contributed by atoms with Gasteiger partial charge in [0.05, 0.1) is 6.20 Å². The third-order valence-corrected chi connectivity index (χ3v) is 6.86. The van der Waals surface area contributed by atoms with Crippen LogP contribution in [-0.2, 0) is 14.4 Å². The first kappa shape index (κ1) is 20.7. The first-order valence-corrected chi connectivity index (χ1v) is 10.8. The van der Waals surface area contributed by atoms with Gasteiger partial charge in [-0.1, -0.05) is 25.7 Å². The number of carbonyl (C=O) groups is 3. The van der Waals surface area contributed by atoms with Gasteiger partial charge in [0.2, 0.25) is 17.7 Å². The number of likely N-dealkylation sites (tertiary alicyclic amines) is 1. The molecule has 0 aromatic carbocycles. The number of carbonyl (C=O) groups excluding carboxylic acids is 3. The van der Waals surface area contributed by atoms with E-state index in [1.807, 2.05) is 0 Å². The fraction of sp³-hybridized carbons (Fsp3) is 0.667. The molecule has 30 heavy (non-hydrogen) atoms. The summed E-state index contributed by atoms with van der Waals surface area (Å²) in [6.07, 6.45) is 12.1. The van der Waals surface area contributed by atoms with Crippen molar-refractivity contribution in [2.45, 2.75) is 63.8 Å². The first-order chi connectivity index (χ1) is 14.5. The van der Waals surface area contributed by atoms with Crippen LogP contribution in [0.4, 0.5) is 5.82 Å². The first-order valence-electron chi connectivity index (χ1n) is 10.8. The molecule has 0 bridgehead atoms. The normalized spacial score (nSPS) is 23.4.